The van der Waals surface area contributed by atoms with Gasteiger partial charge in [0.05, 0.1) is 7.11 Å². The summed E-state index contributed by atoms with van der Waals surface area (Å²) in [6.45, 7) is 3.21. The summed E-state index contributed by atoms with van der Waals surface area (Å²) >= 11 is 0. The van der Waals surface area contributed by atoms with Crippen LogP contribution in [0.4, 0.5) is 0 Å². The quantitative estimate of drug-likeness (QED) is 0.818. The molecule has 1 heterocycles. The van der Waals surface area contributed by atoms with Gasteiger partial charge in [-0.25, -0.2) is 0 Å². The minimum Gasteiger partial charge on any atom is -0.497 e. The first-order valence-electron chi connectivity index (χ1n) is 7.72. The molecule has 1 N–H and O–H groups in total. The summed E-state index contributed by atoms with van der Waals surface area (Å²) in [6, 6.07) is 6.73. The van der Waals surface area contributed by atoms with Crippen LogP contribution in [0.5, 0.6) is 5.75 Å². The molecule has 22 heavy (non-hydrogen) atoms. The van der Waals surface area contributed by atoms with Gasteiger partial charge < -0.3 is 9.84 Å². The van der Waals surface area contributed by atoms with Gasteiger partial charge in [0.15, 0.2) is 5.78 Å². The number of likely N-dealkylation sites (tertiary alicyclic amines) is 1. The number of hydrogen-bond donors (Lipinski definition) is 1. The van der Waals surface area contributed by atoms with Gasteiger partial charge in [0.2, 0.25) is 0 Å². The largest absolute Gasteiger partial charge is 0.497 e. The highest BCUT2D eigenvalue weighted by atomic mass is 16.5. The van der Waals surface area contributed by atoms with Crippen LogP contribution in [0.25, 0.3) is 0 Å². The van der Waals surface area contributed by atoms with Crippen molar-refractivity contribution in [2.45, 2.75) is 32.2 Å². The van der Waals surface area contributed by atoms with Gasteiger partial charge in [0, 0.05) is 11.5 Å². The molecule has 0 saturated carbocycles. The van der Waals surface area contributed by atoms with Crippen LogP contribution in [0.2, 0.25) is 0 Å². The van der Waals surface area contributed by atoms with Crippen molar-refractivity contribution in [2.24, 2.45) is 5.92 Å². The number of benzene rings is 1. The SMILES string of the molecule is CCC(C(=O)O)N1CCC(C(=O)c2ccc(OC)cc2)CC1. The van der Waals surface area contributed by atoms with Gasteiger partial charge >= 0.3 is 5.97 Å². The van der Waals surface area contributed by atoms with Crippen LogP contribution in [0, 0.1) is 5.92 Å². The van der Waals surface area contributed by atoms with Gasteiger partial charge in [-0.3, -0.25) is 14.5 Å². The van der Waals surface area contributed by atoms with Gasteiger partial charge in [-0.05, 0) is 56.6 Å². The Bertz CT molecular complexity index is 518. The predicted molar refractivity (Wildman–Crippen MR) is 83.3 cm³/mol. The topological polar surface area (TPSA) is 66.8 Å². The molecule has 1 fully saturated rings. The van der Waals surface area contributed by atoms with Crippen molar-refractivity contribution >= 4 is 11.8 Å². The van der Waals surface area contributed by atoms with Crippen LogP contribution >= 0.6 is 0 Å². The van der Waals surface area contributed by atoms with Crippen LogP contribution in [-0.2, 0) is 4.79 Å². The van der Waals surface area contributed by atoms with E-state index in [4.69, 9.17) is 4.74 Å². The van der Waals surface area contributed by atoms with E-state index in [9.17, 15) is 14.7 Å². The minimum absolute atomic E-state index is 0.0176. The Labute approximate surface area is 130 Å². The molecule has 0 aliphatic carbocycles. The zero-order valence-corrected chi connectivity index (χ0v) is 13.1. The molecule has 1 aromatic rings. The zero-order valence-electron chi connectivity index (χ0n) is 13.1. The number of nitrogens with zero attached hydrogens (tertiary/aromatic N) is 1. The van der Waals surface area contributed by atoms with Gasteiger partial charge in [-0.1, -0.05) is 6.92 Å². The molecule has 0 aromatic heterocycles. The Hall–Kier alpha value is -1.88. The van der Waals surface area contributed by atoms with E-state index in [1.165, 1.54) is 0 Å². The van der Waals surface area contributed by atoms with Gasteiger partial charge in [-0.2, -0.15) is 0 Å². The van der Waals surface area contributed by atoms with Crippen molar-refractivity contribution < 1.29 is 19.4 Å². The first-order valence-corrected chi connectivity index (χ1v) is 7.72. The Kier molecular flexibility index (Phi) is 5.55. The number of methoxy groups -OCH3 is 1. The van der Waals surface area contributed by atoms with E-state index < -0.39 is 12.0 Å². The van der Waals surface area contributed by atoms with E-state index in [0.717, 1.165) is 5.75 Å². The number of carboxylic acid groups (broad SMARTS) is 1. The first kappa shape index (κ1) is 16.5. The molecule has 1 aliphatic rings. The fourth-order valence-electron chi connectivity index (χ4n) is 3.05. The lowest BCUT2D eigenvalue weighted by atomic mass is 9.88. The predicted octanol–water partition coefficient (Wildman–Crippen LogP) is 2.45. The van der Waals surface area contributed by atoms with E-state index in [2.05, 4.69) is 0 Å². The average Bonchev–Trinajstić information content (AvgIpc) is 2.55. The van der Waals surface area contributed by atoms with Gasteiger partial charge in [0.25, 0.3) is 0 Å². The van der Waals surface area contributed by atoms with E-state index in [0.29, 0.717) is 37.9 Å². The number of aliphatic carboxylic acids is 1. The van der Waals surface area contributed by atoms with Crippen molar-refractivity contribution in [1.29, 1.82) is 0 Å². The Morgan fingerprint density at radius 1 is 1.27 bits per heavy atom. The Morgan fingerprint density at radius 2 is 1.86 bits per heavy atom. The van der Waals surface area contributed by atoms with Crippen LogP contribution < -0.4 is 4.74 Å². The number of carbonyl (C=O) groups excluding carboxylic acids is 1. The number of ether oxygens (including phenoxy) is 1. The number of carbonyl (C=O) groups is 2. The highest BCUT2D eigenvalue weighted by Crippen LogP contribution is 2.24. The molecule has 5 nitrogen and oxygen atoms in total. The number of ketones is 1. The molecule has 0 spiro atoms. The van der Waals surface area contributed by atoms with E-state index in [1.807, 2.05) is 11.8 Å². The smallest absolute Gasteiger partial charge is 0.320 e. The molecule has 2 rings (SSSR count). The number of piperidine rings is 1. The summed E-state index contributed by atoms with van der Waals surface area (Å²) in [5.41, 5.74) is 0.699. The van der Waals surface area contributed by atoms with Crippen molar-refractivity contribution in [3.8, 4) is 5.75 Å². The molecule has 1 atom stereocenters. The van der Waals surface area contributed by atoms with Crippen molar-refractivity contribution in [1.82, 2.24) is 4.90 Å². The summed E-state index contributed by atoms with van der Waals surface area (Å²) in [4.78, 5) is 25.7. The molecule has 120 valence electrons. The number of hydrogen-bond acceptors (Lipinski definition) is 4. The third kappa shape index (κ3) is 3.65. The number of Topliss-reactive ketones (excluding diaryl/α,β-unsaturated/α-hetero) is 1. The van der Waals surface area contributed by atoms with Crippen LogP contribution in [-0.4, -0.2) is 48.0 Å². The number of carboxylic acids is 1. The first-order chi connectivity index (χ1) is 10.6. The maximum Gasteiger partial charge on any atom is 0.320 e. The molecule has 1 saturated heterocycles. The molecule has 1 aliphatic heterocycles. The van der Waals surface area contributed by atoms with E-state index in [1.54, 1.807) is 31.4 Å². The summed E-state index contributed by atoms with van der Waals surface area (Å²) < 4.78 is 5.10. The molecule has 0 amide bonds. The second kappa shape index (κ2) is 7.40. The number of rotatable bonds is 6. The second-order valence-corrected chi connectivity index (χ2v) is 5.67. The molecule has 1 unspecified atom stereocenters. The van der Waals surface area contributed by atoms with Crippen LogP contribution in [0.1, 0.15) is 36.5 Å². The monoisotopic (exact) mass is 305 g/mol. The highest BCUT2D eigenvalue weighted by Gasteiger charge is 2.31. The minimum atomic E-state index is -0.776. The third-order valence-corrected chi connectivity index (χ3v) is 4.39. The van der Waals surface area contributed by atoms with E-state index >= 15 is 0 Å². The third-order valence-electron chi connectivity index (χ3n) is 4.39. The molecule has 0 radical (unpaired) electrons. The van der Waals surface area contributed by atoms with E-state index in [-0.39, 0.29) is 11.7 Å². The maximum atomic E-state index is 12.5. The van der Waals surface area contributed by atoms with Crippen molar-refractivity contribution in [3.63, 3.8) is 0 Å². The summed E-state index contributed by atoms with van der Waals surface area (Å²) in [5, 5.41) is 9.21. The second-order valence-electron chi connectivity index (χ2n) is 5.67. The van der Waals surface area contributed by atoms with Gasteiger partial charge in [0.1, 0.15) is 11.8 Å². The average molecular weight is 305 g/mol. The van der Waals surface area contributed by atoms with Crippen LogP contribution in [0.15, 0.2) is 24.3 Å². The normalized spacial score (nSPS) is 17.9. The lowest BCUT2D eigenvalue weighted by Crippen LogP contribution is -2.46. The van der Waals surface area contributed by atoms with Crippen molar-refractivity contribution in [2.75, 3.05) is 20.2 Å². The molecular weight excluding hydrogens is 282 g/mol. The lowest BCUT2D eigenvalue weighted by molar-refractivity contribution is -0.144. The molecule has 1 aromatic carbocycles. The molecular formula is C17H23NO4. The lowest BCUT2D eigenvalue weighted by Gasteiger charge is -2.34. The standard InChI is InChI=1S/C17H23NO4/c1-3-15(17(20)21)18-10-8-13(9-11-18)16(19)12-4-6-14(22-2)7-5-12/h4-7,13,15H,3,8-11H2,1-2H3,(H,20,21). The summed E-state index contributed by atoms with van der Waals surface area (Å²) in [7, 11) is 1.60. The fraction of sp³-hybridized carbons (Fsp3) is 0.529. The summed E-state index contributed by atoms with van der Waals surface area (Å²) in [5.74, 6) is 0.0858. The maximum absolute atomic E-state index is 12.5. The summed E-state index contributed by atoms with van der Waals surface area (Å²) in [6.07, 6.45) is 2.02. The Balaban J connectivity index is 1.95. The molecule has 0 bridgehead atoms. The highest BCUT2D eigenvalue weighted by molar-refractivity contribution is 5.98. The van der Waals surface area contributed by atoms with Crippen molar-refractivity contribution in [3.05, 3.63) is 29.8 Å². The fourth-order valence-corrected chi connectivity index (χ4v) is 3.05. The Morgan fingerprint density at radius 3 is 2.32 bits per heavy atom. The van der Waals surface area contributed by atoms with Crippen LogP contribution in [0.3, 0.4) is 0 Å². The van der Waals surface area contributed by atoms with Gasteiger partial charge in [-0.15, -0.1) is 0 Å². The zero-order chi connectivity index (χ0) is 16.1. The molecule has 5 heteroatoms.